The van der Waals surface area contributed by atoms with Crippen LogP contribution in [0.15, 0.2) is 58.4 Å². The lowest BCUT2D eigenvalue weighted by molar-refractivity contribution is 0.246. The predicted molar refractivity (Wildman–Crippen MR) is 115 cm³/mol. The number of pyridine rings is 1. The quantitative estimate of drug-likeness (QED) is 0.580. The molecule has 2 aromatic heterocycles. The van der Waals surface area contributed by atoms with Gasteiger partial charge in [0.15, 0.2) is 0 Å². The number of aromatic nitrogens is 4. The van der Waals surface area contributed by atoms with Gasteiger partial charge in [-0.2, -0.15) is 5.10 Å². The minimum absolute atomic E-state index is 0.0298. The highest BCUT2D eigenvalue weighted by Crippen LogP contribution is 2.39. The molecule has 2 aliphatic rings. The van der Waals surface area contributed by atoms with E-state index in [-0.39, 0.29) is 12.0 Å². The first-order valence-corrected chi connectivity index (χ1v) is 10.5. The molecule has 3 aromatic rings. The normalized spacial score (nSPS) is 20.3. The second-order valence-electron chi connectivity index (χ2n) is 8.61. The highest BCUT2D eigenvalue weighted by molar-refractivity contribution is 5.27. The molecule has 2 aliphatic heterocycles. The Hall–Kier alpha value is -3.26. The Morgan fingerprint density at radius 1 is 0.968 bits per heavy atom. The van der Waals surface area contributed by atoms with Crippen LogP contribution in [-0.2, 0) is 26.1 Å². The monoisotopic (exact) mass is 419 g/mol. The number of ether oxygens (including phenoxy) is 1. The van der Waals surface area contributed by atoms with Gasteiger partial charge in [0, 0.05) is 43.9 Å². The van der Waals surface area contributed by atoms with Crippen molar-refractivity contribution in [3.8, 4) is 5.75 Å². The van der Waals surface area contributed by atoms with Crippen LogP contribution in [0.25, 0.3) is 0 Å². The molecule has 1 fully saturated rings. The molecule has 0 aliphatic carbocycles. The maximum absolute atomic E-state index is 12.8. The molecule has 0 N–H and O–H groups in total. The van der Waals surface area contributed by atoms with Crippen molar-refractivity contribution in [2.75, 3.05) is 20.2 Å². The van der Waals surface area contributed by atoms with Crippen molar-refractivity contribution in [1.29, 1.82) is 0 Å². The summed E-state index contributed by atoms with van der Waals surface area (Å²) in [7, 11) is 1.61. The number of hydrogen-bond donors (Lipinski definition) is 0. The van der Waals surface area contributed by atoms with E-state index in [2.05, 4.69) is 15.0 Å². The molecule has 5 rings (SSSR count). The van der Waals surface area contributed by atoms with Crippen LogP contribution in [0.3, 0.4) is 0 Å². The van der Waals surface area contributed by atoms with E-state index in [0.29, 0.717) is 12.4 Å². The molecule has 4 heterocycles. The lowest BCUT2D eigenvalue weighted by atomic mass is 9.86. The van der Waals surface area contributed by atoms with Crippen LogP contribution in [0, 0.1) is 5.41 Å². The van der Waals surface area contributed by atoms with Gasteiger partial charge in [-0.05, 0) is 48.4 Å². The fraction of sp³-hybridized carbons (Fsp3) is 0.391. The zero-order valence-electron chi connectivity index (χ0n) is 17.5. The number of likely N-dealkylation sites (tertiary alicyclic amines) is 1. The third-order valence-corrected chi connectivity index (χ3v) is 6.40. The predicted octanol–water partition coefficient (Wildman–Crippen LogP) is 1.31. The third-order valence-electron chi connectivity index (χ3n) is 6.40. The van der Waals surface area contributed by atoms with Crippen molar-refractivity contribution < 1.29 is 4.74 Å². The second kappa shape index (κ2) is 7.77. The van der Waals surface area contributed by atoms with Crippen molar-refractivity contribution >= 4 is 0 Å². The molecule has 1 spiro atoms. The molecular weight excluding hydrogens is 394 g/mol. The number of benzene rings is 1. The Bertz CT molecular complexity index is 1200. The lowest BCUT2D eigenvalue weighted by Crippen LogP contribution is -2.43. The zero-order valence-corrected chi connectivity index (χ0v) is 17.5. The Morgan fingerprint density at radius 3 is 2.45 bits per heavy atom. The minimum atomic E-state index is -0.566. The fourth-order valence-corrected chi connectivity index (χ4v) is 4.80. The summed E-state index contributed by atoms with van der Waals surface area (Å²) in [5.41, 5.74) is 1.07. The fourth-order valence-electron chi connectivity index (χ4n) is 4.80. The summed E-state index contributed by atoms with van der Waals surface area (Å²) in [5.74, 6) is 1.46. The molecule has 0 radical (unpaired) electrons. The Balaban J connectivity index is 1.35. The maximum atomic E-state index is 12.8. The summed E-state index contributed by atoms with van der Waals surface area (Å²) >= 11 is 0. The zero-order chi connectivity index (χ0) is 21.4. The molecule has 0 bridgehead atoms. The van der Waals surface area contributed by atoms with Crippen LogP contribution in [0.4, 0.5) is 0 Å². The third kappa shape index (κ3) is 3.79. The van der Waals surface area contributed by atoms with Crippen LogP contribution in [-0.4, -0.2) is 44.4 Å². The van der Waals surface area contributed by atoms with Gasteiger partial charge in [0.1, 0.15) is 11.6 Å². The summed E-state index contributed by atoms with van der Waals surface area (Å²) in [6.45, 7) is 3.58. The van der Waals surface area contributed by atoms with E-state index in [4.69, 9.17) is 4.74 Å². The molecule has 0 unspecified atom stereocenters. The van der Waals surface area contributed by atoms with E-state index in [0.717, 1.165) is 43.8 Å². The molecule has 160 valence electrons. The van der Waals surface area contributed by atoms with E-state index in [1.54, 1.807) is 11.7 Å². The van der Waals surface area contributed by atoms with E-state index >= 15 is 0 Å². The summed E-state index contributed by atoms with van der Waals surface area (Å²) in [4.78, 5) is 32.0. The van der Waals surface area contributed by atoms with Crippen molar-refractivity contribution in [3.05, 3.63) is 86.5 Å². The SMILES string of the molecule is COc1ccc(Cn2nc3n(c(=O)c2=O)C[C@@]2(CCN(Cc4ccncc4)C2)C3)cc1. The number of nitrogens with zero attached hydrogens (tertiary/aromatic N) is 5. The first kappa shape index (κ1) is 19.7. The van der Waals surface area contributed by atoms with Crippen molar-refractivity contribution in [3.63, 3.8) is 0 Å². The number of hydrogen-bond acceptors (Lipinski definition) is 6. The first-order chi connectivity index (χ1) is 15.0. The largest absolute Gasteiger partial charge is 0.497 e. The average molecular weight is 419 g/mol. The van der Waals surface area contributed by atoms with Gasteiger partial charge >= 0.3 is 11.1 Å². The second-order valence-corrected chi connectivity index (χ2v) is 8.61. The maximum Gasteiger partial charge on any atom is 0.332 e. The van der Waals surface area contributed by atoms with Gasteiger partial charge in [-0.3, -0.25) is 24.0 Å². The number of fused-ring (bicyclic) bond motifs is 1. The standard InChI is InChI=1S/C23H25N5O3/c1-31-19-4-2-17(3-5-19)14-28-22(30)21(29)27-16-23(12-20(27)25-28)8-11-26(15-23)13-18-6-9-24-10-7-18/h2-7,9-10H,8,11-16H2,1H3/t23-/m0/s1. The van der Waals surface area contributed by atoms with Crippen molar-refractivity contribution in [2.45, 2.75) is 32.5 Å². The van der Waals surface area contributed by atoms with Crippen LogP contribution < -0.4 is 15.9 Å². The van der Waals surface area contributed by atoms with Gasteiger partial charge < -0.3 is 4.74 Å². The van der Waals surface area contributed by atoms with E-state index in [1.807, 2.05) is 48.8 Å². The topological polar surface area (TPSA) is 82.2 Å². The van der Waals surface area contributed by atoms with Gasteiger partial charge in [0.2, 0.25) is 0 Å². The van der Waals surface area contributed by atoms with E-state index in [9.17, 15) is 9.59 Å². The molecule has 0 amide bonds. The average Bonchev–Trinajstić information content (AvgIpc) is 3.35. The van der Waals surface area contributed by atoms with Crippen LogP contribution in [0.5, 0.6) is 5.75 Å². The Morgan fingerprint density at radius 2 is 1.71 bits per heavy atom. The molecule has 31 heavy (non-hydrogen) atoms. The molecule has 1 saturated heterocycles. The minimum Gasteiger partial charge on any atom is -0.497 e. The van der Waals surface area contributed by atoms with Gasteiger partial charge in [0.05, 0.1) is 13.7 Å². The highest BCUT2D eigenvalue weighted by Gasteiger charge is 2.44. The smallest absolute Gasteiger partial charge is 0.332 e. The molecule has 0 saturated carbocycles. The number of methoxy groups -OCH3 is 1. The van der Waals surface area contributed by atoms with Gasteiger partial charge in [0.25, 0.3) is 0 Å². The van der Waals surface area contributed by atoms with E-state index < -0.39 is 11.1 Å². The van der Waals surface area contributed by atoms with Crippen LogP contribution in [0.1, 0.15) is 23.4 Å². The van der Waals surface area contributed by atoms with Gasteiger partial charge in [-0.15, -0.1) is 0 Å². The van der Waals surface area contributed by atoms with Crippen molar-refractivity contribution in [2.24, 2.45) is 5.41 Å². The first-order valence-electron chi connectivity index (χ1n) is 10.5. The van der Waals surface area contributed by atoms with Gasteiger partial charge in [-0.25, -0.2) is 4.68 Å². The lowest BCUT2D eigenvalue weighted by Gasteiger charge is -2.22. The summed E-state index contributed by atoms with van der Waals surface area (Å²) in [5, 5.41) is 4.59. The molecule has 1 aromatic carbocycles. The summed E-state index contributed by atoms with van der Waals surface area (Å²) < 4.78 is 8.08. The number of rotatable bonds is 5. The van der Waals surface area contributed by atoms with Gasteiger partial charge in [-0.1, -0.05) is 12.1 Å². The van der Waals surface area contributed by atoms with E-state index in [1.165, 1.54) is 10.2 Å². The summed E-state index contributed by atoms with van der Waals surface area (Å²) in [6, 6.07) is 11.5. The summed E-state index contributed by atoms with van der Waals surface area (Å²) in [6.07, 6.45) is 5.34. The Kier molecular flexibility index (Phi) is 4.94. The van der Waals surface area contributed by atoms with Crippen LogP contribution >= 0.6 is 0 Å². The molecule has 8 heteroatoms. The highest BCUT2D eigenvalue weighted by atomic mass is 16.5. The molecular formula is C23H25N5O3. The van der Waals surface area contributed by atoms with Crippen LogP contribution in [0.2, 0.25) is 0 Å². The molecule has 8 nitrogen and oxygen atoms in total. The Labute approximate surface area is 179 Å². The van der Waals surface area contributed by atoms with Crippen molar-refractivity contribution in [1.82, 2.24) is 24.2 Å². The molecule has 1 atom stereocenters.